The van der Waals surface area contributed by atoms with Gasteiger partial charge in [0.25, 0.3) is 0 Å². The number of nitrogens with two attached hydrogens (primary N) is 1. The van der Waals surface area contributed by atoms with Crippen LogP contribution in [0.15, 0.2) is 36.4 Å². The Labute approximate surface area is 118 Å². The van der Waals surface area contributed by atoms with Crippen LogP contribution in [0.3, 0.4) is 0 Å². The lowest BCUT2D eigenvalue weighted by atomic mass is 10.2. The van der Waals surface area contributed by atoms with Crippen molar-refractivity contribution in [2.75, 3.05) is 12.3 Å². The Hall–Kier alpha value is -2.23. The Balaban J connectivity index is 2.22. The first-order valence-electron chi connectivity index (χ1n) is 6.56. The van der Waals surface area contributed by atoms with Gasteiger partial charge < -0.3 is 15.2 Å². The molecule has 0 aromatic heterocycles. The monoisotopic (exact) mass is 275 g/mol. The maximum atomic E-state index is 13.2. The number of halogens is 1. The van der Waals surface area contributed by atoms with Crippen molar-refractivity contribution in [3.05, 3.63) is 47.8 Å². The zero-order valence-electron chi connectivity index (χ0n) is 11.7. The van der Waals surface area contributed by atoms with E-state index in [9.17, 15) is 4.39 Å². The van der Waals surface area contributed by atoms with Gasteiger partial charge in [-0.25, -0.2) is 4.39 Å². The van der Waals surface area contributed by atoms with E-state index in [0.29, 0.717) is 29.5 Å². The van der Waals surface area contributed by atoms with Gasteiger partial charge in [0.2, 0.25) is 0 Å². The fraction of sp³-hybridized carbons (Fsp3) is 0.250. The smallest absolute Gasteiger partial charge is 0.145 e. The van der Waals surface area contributed by atoms with Gasteiger partial charge in [0.1, 0.15) is 23.1 Å². The summed E-state index contributed by atoms with van der Waals surface area (Å²) < 4.78 is 24.5. The van der Waals surface area contributed by atoms with Crippen LogP contribution in [0.5, 0.6) is 17.2 Å². The van der Waals surface area contributed by atoms with E-state index in [0.717, 1.165) is 12.0 Å². The third kappa shape index (κ3) is 3.41. The summed E-state index contributed by atoms with van der Waals surface area (Å²) in [6.45, 7) is 4.47. The van der Waals surface area contributed by atoms with Gasteiger partial charge in [0.15, 0.2) is 0 Å². The van der Waals surface area contributed by atoms with Crippen molar-refractivity contribution in [2.45, 2.75) is 20.3 Å². The summed E-state index contributed by atoms with van der Waals surface area (Å²) in [7, 11) is 0. The zero-order valence-corrected chi connectivity index (χ0v) is 11.7. The number of aryl methyl sites for hydroxylation is 1. The summed E-state index contributed by atoms with van der Waals surface area (Å²) in [6, 6.07) is 9.61. The van der Waals surface area contributed by atoms with Crippen molar-refractivity contribution in [2.24, 2.45) is 0 Å². The topological polar surface area (TPSA) is 44.5 Å². The molecule has 4 heteroatoms. The van der Waals surface area contributed by atoms with Gasteiger partial charge in [0, 0.05) is 12.1 Å². The van der Waals surface area contributed by atoms with Gasteiger partial charge in [-0.1, -0.05) is 13.0 Å². The average molecular weight is 275 g/mol. The van der Waals surface area contributed by atoms with Crippen LogP contribution in [0.1, 0.15) is 18.9 Å². The van der Waals surface area contributed by atoms with Crippen molar-refractivity contribution in [3.8, 4) is 17.2 Å². The normalized spacial score (nSPS) is 10.3. The Bertz CT molecular complexity index is 599. The first kappa shape index (κ1) is 14.2. The van der Waals surface area contributed by atoms with Gasteiger partial charge >= 0.3 is 0 Å². The van der Waals surface area contributed by atoms with Crippen molar-refractivity contribution in [3.63, 3.8) is 0 Å². The molecule has 2 aromatic rings. The second-order valence-corrected chi connectivity index (χ2v) is 4.56. The van der Waals surface area contributed by atoms with Crippen LogP contribution in [0.4, 0.5) is 10.1 Å². The second kappa shape index (κ2) is 6.28. The third-order valence-corrected chi connectivity index (χ3v) is 2.82. The highest BCUT2D eigenvalue weighted by Crippen LogP contribution is 2.31. The van der Waals surface area contributed by atoms with E-state index in [1.807, 2.05) is 13.8 Å². The molecule has 0 aliphatic carbocycles. The number of ether oxygens (including phenoxy) is 2. The summed E-state index contributed by atoms with van der Waals surface area (Å²) in [4.78, 5) is 0. The first-order valence-corrected chi connectivity index (χ1v) is 6.56. The maximum absolute atomic E-state index is 13.2. The Morgan fingerprint density at radius 2 is 1.90 bits per heavy atom. The predicted molar refractivity (Wildman–Crippen MR) is 77.9 cm³/mol. The molecule has 0 heterocycles. The average Bonchev–Trinajstić information content (AvgIpc) is 2.43. The Morgan fingerprint density at radius 1 is 1.10 bits per heavy atom. The van der Waals surface area contributed by atoms with Gasteiger partial charge in [0.05, 0.1) is 12.3 Å². The lowest BCUT2D eigenvalue weighted by Crippen LogP contribution is -1.99. The molecular formula is C16H18FNO2. The van der Waals surface area contributed by atoms with E-state index in [-0.39, 0.29) is 5.82 Å². The standard InChI is InChI=1S/C16H18FNO2/c1-3-8-19-16-10-13(6-7-14(16)18)20-15-9-12(17)5-4-11(15)2/h4-7,9-10H,3,8,18H2,1-2H3. The molecule has 0 atom stereocenters. The molecule has 0 unspecified atom stereocenters. The number of benzene rings is 2. The lowest BCUT2D eigenvalue weighted by Gasteiger charge is -2.12. The minimum absolute atomic E-state index is 0.330. The summed E-state index contributed by atoms with van der Waals surface area (Å²) in [6.07, 6.45) is 0.896. The Morgan fingerprint density at radius 3 is 2.65 bits per heavy atom. The molecule has 3 nitrogen and oxygen atoms in total. The van der Waals surface area contributed by atoms with Crippen LogP contribution in [0.25, 0.3) is 0 Å². The lowest BCUT2D eigenvalue weighted by molar-refractivity contribution is 0.317. The molecular weight excluding hydrogens is 257 g/mol. The first-order chi connectivity index (χ1) is 9.60. The minimum atomic E-state index is -0.330. The number of nitrogen functional groups attached to an aromatic ring is 1. The van der Waals surface area contributed by atoms with E-state index in [1.165, 1.54) is 12.1 Å². The summed E-state index contributed by atoms with van der Waals surface area (Å²) in [5.41, 5.74) is 7.25. The number of anilines is 1. The van der Waals surface area contributed by atoms with Crippen LogP contribution in [0.2, 0.25) is 0 Å². The molecule has 0 radical (unpaired) electrons. The SMILES string of the molecule is CCCOc1cc(Oc2cc(F)ccc2C)ccc1N. The highest BCUT2D eigenvalue weighted by Gasteiger charge is 2.07. The van der Waals surface area contributed by atoms with Gasteiger partial charge in [-0.2, -0.15) is 0 Å². The molecule has 2 rings (SSSR count). The minimum Gasteiger partial charge on any atom is -0.491 e. The maximum Gasteiger partial charge on any atom is 0.145 e. The highest BCUT2D eigenvalue weighted by molar-refractivity contribution is 5.56. The van der Waals surface area contributed by atoms with E-state index in [1.54, 1.807) is 24.3 Å². The second-order valence-electron chi connectivity index (χ2n) is 4.56. The van der Waals surface area contributed by atoms with Crippen LogP contribution in [0, 0.1) is 12.7 Å². The molecule has 106 valence electrons. The van der Waals surface area contributed by atoms with E-state index < -0.39 is 0 Å². The van der Waals surface area contributed by atoms with Gasteiger partial charge in [-0.05, 0) is 37.1 Å². The Kier molecular flexibility index (Phi) is 4.45. The predicted octanol–water partition coefficient (Wildman–Crippen LogP) is 4.30. The molecule has 0 bridgehead atoms. The van der Waals surface area contributed by atoms with Crippen LogP contribution < -0.4 is 15.2 Å². The van der Waals surface area contributed by atoms with Crippen LogP contribution >= 0.6 is 0 Å². The number of rotatable bonds is 5. The van der Waals surface area contributed by atoms with Gasteiger partial charge in [-0.15, -0.1) is 0 Å². The highest BCUT2D eigenvalue weighted by atomic mass is 19.1. The molecule has 0 aliphatic heterocycles. The molecule has 0 aliphatic rings. The molecule has 0 spiro atoms. The fourth-order valence-electron chi connectivity index (χ4n) is 1.73. The van der Waals surface area contributed by atoms with Crippen LogP contribution in [-0.2, 0) is 0 Å². The molecule has 2 aromatic carbocycles. The molecule has 0 fully saturated rings. The van der Waals surface area contributed by atoms with E-state index >= 15 is 0 Å². The van der Waals surface area contributed by atoms with Crippen molar-refractivity contribution in [1.82, 2.24) is 0 Å². The van der Waals surface area contributed by atoms with Crippen molar-refractivity contribution < 1.29 is 13.9 Å². The fourth-order valence-corrected chi connectivity index (χ4v) is 1.73. The summed E-state index contributed by atoms with van der Waals surface area (Å²) >= 11 is 0. The zero-order chi connectivity index (χ0) is 14.5. The number of hydrogen-bond donors (Lipinski definition) is 1. The third-order valence-electron chi connectivity index (χ3n) is 2.82. The van der Waals surface area contributed by atoms with Gasteiger partial charge in [-0.3, -0.25) is 0 Å². The molecule has 0 saturated carbocycles. The summed E-state index contributed by atoms with van der Waals surface area (Å²) in [5, 5.41) is 0. The van der Waals surface area contributed by atoms with Crippen molar-refractivity contribution in [1.29, 1.82) is 0 Å². The largest absolute Gasteiger partial charge is 0.491 e. The van der Waals surface area contributed by atoms with E-state index in [2.05, 4.69) is 0 Å². The molecule has 0 saturated heterocycles. The molecule has 20 heavy (non-hydrogen) atoms. The summed E-state index contributed by atoms with van der Waals surface area (Å²) in [5.74, 6) is 1.30. The molecule has 2 N–H and O–H groups in total. The van der Waals surface area contributed by atoms with Crippen molar-refractivity contribution >= 4 is 5.69 Å². The number of hydrogen-bond acceptors (Lipinski definition) is 3. The molecule has 0 amide bonds. The van der Waals surface area contributed by atoms with Crippen LogP contribution in [-0.4, -0.2) is 6.61 Å². The quantitative estimate of drug-likeness (QED) is 0.827. The van der Waals surface area contributed by atoms with E-state index in [4.69, 9.17) is 15.2 Å².